The molecule has 2 amide bonds. The topological polar surface area (TPSA) is 26.8 Å². The highest BCUT2D eigenvalue weighted by Gasteiger charge is 2.40. The molecule has 2 heterocycles. The first-order valence-electron chi connectivity index (χ1n) is 12.5. The number of alkyl halides is 6. The molecule has 4 rings (SSSR count). The van der Waals surface area contributed by atoms with Crippen LogP contribution in [0.15, 0.2) is 36.4 Å². The molecule has 0 saturated carbocycles. The first-order valence-corrected chi connectivity index (χ1v) is 12.5. The van der Waals surface area contributed by atoms with Crippen molar-refractivity contribution in [2.45, 2.75) is 63.6 Å². The quantitative estimate of drug-likeness (QED) is 0.380. The molecule has 2 saturated heterocycles. The van der Waals surface area contributed by atoms with Gasteiger partial charge in [-0.15, -0.1) is 0 Å². The van der Waals surface area contributed by atoms with Crippen LogP contribution >= 0.6 is 0 Å². The van der Waals surface area contributed by atoms with Crippen LogP contribution in [0.4, 0.5) is 35.5 Å². The third kappa shape index (κ3) is 5.77. The van der Waals surface area contributed by atoms with Gasteiger partial charge in [-0.25, -0.2) is 9.18 Å². The van der Waals surface area contributed by atoms with Crippen LogP contribution in [-0.2, 0) is 12.4 Å². The Bertz CT molecular complexity index is 1140. The van der Waals surface area contributed by atoms with Crippen LogP contribution in [0.25, 0.3) is 0 Å². The molecule has 2 aliphatic rings. The van der Waals surface area contributed by atoms with E-state index in [0.29, 0.717) is 37.1 Å². The smallest absolute Gasteiger partial charge is 0.321 e. The van der Waals surface area contributed by atoms with Crippen LogP contribution in [0, 0.1) is 12.7 Å². The van der Waals surface area contributed by atoms with E-state index in [1.165, 1.54) is 31.0 Å². The normalized spacial score (nSPS) is 21.7. The van der Waals surface area contributed by atoms with Crippen molar-refractivity contribution in [3.63, 3.8) is 0 Å². The summed E-state index contributed by atoms with van der Waals surface area (Å²) in [4.78, 5) is 18.8. The minimum atomic E-state index is -4.98. The van der Waals surface area contributed by atoms with Crippen LogP contribution in [0.2, 0.25) is 0 Å². The zero-order valence-corrected chi connectivity index (χ0v) is 21.3. The predicted octanol–water partition coefficient (Wildman–Crippen LogP) is 7.20. The van der Waals surface area contributed by atoms with Gasteiger partial charge in [-0.2, -0.15) is 26.3 Å². The van der Waals surface area contributed by atoms with E-state index in [9.17, 15) is 35.5 Å². The Labute approximate surface area is 217 Å². The highest BCUT2D eigenvalue weighted by Crippen LogP contribution is 2.40. The molecule has 0 unspecified atom stereocenters. The average molecular weight is 546 g/mol. The fraction of sp³-hybridized carbons (Fsp3) is 0.519. The summed E-state index contributed by atoms with van der Waals surface area (Å²) in [6.45, 7) is 5.43. The van der Waals surface area contributed by atoms with Crippen molar-refractivity contribution in [1.29, 1.82) is 0 Å². The van der Waals surface area contributed by atoms with Gasteiger partial charge >= 0.3 is 18.4 Å². The first-order chi connectivity index (χ1) is 17.7. The predicted molar refractivity (Wildman–Crippen MR) is 128 cm³/mol. The highest BCUT2D eigenvalue weighted by atomic mass is 19.4. The first kappa shape index (κ1) is 28.2. The van der Waals surface area contributed by atoms with Gasteiger partial charge in [0.2, 0.25) is 0 Å². The number of piperidine rings is 1. The summed E-state index contributed by atoms with van der Waals surface area (Å²) in [5.74, 6) is -0.407. The maximum Gasteiger partial charge on any atom is 0.416 e. The van der Waals surface area contributed by atoms with Gasteiger partial charge in [-0.1, -0.05) is 6.07 Å². The average Bonchev–Trinajstić information content (AvgIpc) is 2.80. The van der Waals surface area contributed by atoms with E-state index in [2.05, 4.69) is 4.90 Å². The van der Waals surface area contributed by atoms with Gasteiger partial charge in [0.25, 0.3) is 0 Å². The maximum absolute atomic E-state index is 13.8. The van der Waals surface area contributed by atoms with Gasteiger partial charge in [0.1, 0.15) is 5.82 Å². The van der Waals surface area contributed by atoms with Gasteiger partial charge < -0.3 is 14.7 Å². The van der Waals surface area contributed by atoms with Crippen molar-refractivity contribution in [1.82, 2.24) is 14.7 Å². The van der Waals surface area contributed by atoms with Gasteiger partial charge in [0.05, 0.1) is 23.2 Å². The molecular formula is C27H30F7N3O. The van der Waals surface area contributed by atoms with Crippen LogP contribution in [0.3, 0.4) is 0 Å². The number of likely N-dealkylation sites (tertiary alicyclic amines) is 2. The minimum absolute atomic E-state index is 0.0753. The number of halogens is 7. The summed E-state index contributed by atoms with van der Waals surface area (Å²) in [7, 11) is 1.37. The molecular weight excluding hydrogens is 515 g/mol. The fourth-order valence-corrected chi connectivity index (χ4v) is 5.33. The Morgan fingerprint density at radius 2 is 1.58 bits per heavy atom. The third-order valence-corrected chi connectivity index (χ3v) is 7.79. The Balaban J connectivity index is 1.65. The SMILES string of the molecule is Cc1cc(F)ccc1[C@H]1C[C@@H](N2CCC2)CCN1C(=O)N(C)[C@H](C)c1cc(C(F)(F)F)cc(C(F)(F)F)c1. The van der Waals surface area contributed by atoms with E-state index < -0.39 is 47.4 Å². The number of carbonyl (C=O) groups excluding carboxylic acids is 1. The number of nitrogens with zero attached hydrogens (tertiary/aromatic N) is 3. The number of aryl methyl sites for hydroxylation is 1. The molecule has 4 nitrogen and oxygen atoms in total. The Morgan fingerprint density at radius 1 is 0.974 bits per heavy atom. The van der Waals surface area contributed by atoms with E-state index in [0.717, 1.165) is 25.1 Å². The molecule has 2 aliphatic heterocycles. The Morgan fingerprint density at radius 3 is 2.08 bits per heavy atom. The molecule has 0 radical (unpaired) electrons. The van der Waals surface area contributed by atoms with Crippen molar-refractivity contribution in [3.8, 4) is 0 Å². The van der Waals surface area contributed by atoms with E-state index in [1.807, 2.05) is 0 Å². The summed E-state index contributed by atoms with van der Waals surface area (Å²) >= 11 is 0. The van der Waals surface area contributed by atoms with Crippen LogP contribution in [0.5, 0.6) is 0 Å². The Hall–Kier alpha value is -2.82. The van der Waals surface area contributed by atoms with E-state index in [1.54, 1.807) is 17.9 Å². The van der Waals surface area contributed by atoms with E-state index in [-0.39, 0.29) is 17.7 Å². The summed E-state index contributed by atoms with van der Waals surface area (Å²) in [6, 6.07) is 3.96. The highest BCUT2D eigenvalue weighted by molar-refractivity contribution is 5.75. The van der Waals surface area contributed by atoms with E-state index >= 15 is 0 Å². The molecule has 0 aromatic heterocycles. The molecule has 208 valence electrons. The lowest BCUT2D eigenvalue weighted by Gasteiger charge is -2.48. The number of hydrogen-bond acceptors (Lipinski definition) is 2. The second-order valence-electron chi connectivity index (χ2n) is 10.2. The maximum atomic E-state index is 13.8. The molecule has 2 aromatic rings. The largest absolute Gasteiger partial charge is 0.416 e. The lowest BCUT2D eigenvalue weighted by Crippen LogP contribution is -2.54. The summed E-state index contributed by atoms with van der Waals surface area (Å²) in [6.07, 6.45) is -7.59. The van der Waals surface area contributed by atoms with Gasteiger partial charge in [-0.05, 0) is 93.2 Å². The zero-order chi connectivity index (χ0) is 28.0. The number of carbonyl (C=O) groups is 1. The minimum Gasteiger partial charge on any atom is -0.321 e. The lowest BCUT2D eigenvalue weighted by atomic mass is 9.87. The Kier molecular flexibility index (Phi) is 7.71. The molecule has 0 spiro atoms. The standard InChI is InChI=1S/C27H30F7N3O/c1-16-11-21(28)5-6-23(16)24-15-22(36-8-4-9-36)7-10-37(24)25(38)35(3)17(2)18-12-19(26(29,30)31)14-20(13-18)27(32,33)34/h5-6,11-14,17,22,24H,4,7-10,15H2,1-3H3/t17-,22+,24-/m1/s1. The van der Waals surface area contributed by atoms with Crippen molar-refractivity contribution in [3.05, 3.63) is 70.0 Å². The van der Waals surface area contributed by atoms with E-state index in [4.69, 9.17) is 0 Å². The number of benzene rings is 2. The number of amides is 2. The van der Waals surface area contributed by atoms with Crippen molar-refractivity contribution >= 4 is 6.03 Å². The molecule has 38 heavy (non-hydrogen) atoms. The lowest BCUT2D eigenvalue weighted by molar-refractivity contribution is -0.143. The summed E-state index contributed by atoms with van der Waals surface area (Å²) in [5.41, 5.74) is -1.69. The van der Waals surface area contributed by atoms with Gasteiger partial charge in [0.15, 0.2) is 0 Å². The molecule has 3 atom stereocenters. The second kappa shape index (κ2) is 10.4. The van der Waals surface area contributed by atoms with Crippen LogP contribution in [-0.4, -0.2) is 53.5 Å². The molecule has 0 aliphatic carbocycles. The zero-order valence-electron chi connectivity index (χ0n) is 21.3. The summed E-state index contributed by atoms with van der Waals surface area (Å²) in [5, 5.41) is 0. The van der Waals surface area contributed by atoms with Crippen molar-refractivity contribution in [2.75, 3.05) is 26.7 Å². The van der Waals surface area contributed by atoms with Crippen molar-refractivity contribution < 1.29 is 35.5 Å². The molecule has 11 heteroatoms. The van der Waals surface area contributed by atoms with Crippen LogP contribution < -0.4 is 0 Å². The second-order valence-corrected chi connectivity index (χ2v) is 10.2. The molecule has 2 aromatic carbocycles. The fourth-order valence-electron chi connectivity index (χ4n) is 5.33. The monoisotopic (exact) mass is 545 g/mol. The summed E-state index contributed by atoms with van der Waals surface area (Å²) < 4.78 is 94.3. The van der Waals surface area contributed by atoms with Crippen LogP contribution in [0.1, 0.15) is 66.1 Å². The number of hydrogen-bond donors (Lipinski definition) is 0. The molecule has 0 N–H and O–H groups in total. The molecule has 2 fully saturated rings. The van der Waals surface area contributed by atoms with Crippen molar-refractivity contribution in [2.24, 2.45) is 0 Å². The third-order valence-electron chi connectivity index (χ3n) is 7.79. The van der Waals surface area contributed by atoms with Gasteiger partial charge in [0, 0.05) is 19.6 Å². The number of urea groups is 1. The number of rotatable bonds is 4. The molecule has 0 bridgehead atoms. The van der Waals surface area contributed by atoms with Gasteiger partial charge in [-0.3, -0.25) is 0 Å².